The van der Waals surface area contributed by atoms with Crippen molar-refractivity contribution in [2.45, 2.75) is 6.61 Å². The van der Waals surface area contributed by atoms with Crippen molar-refractivity contribution in [3.8, 4) is 17.2 Å². The first kappa shape index (κ1) is 15.6. The highest BCUT2D eigenvalue weighted by molar-refractivity contribution is 9.10. The Bertz CT molecular complexity index is 762. The summed E-state index contributed by atoms with van der Waals surface area (Å²) in [7, 11) is 1.42. The Morgan fingerprint density at radius 2 is 2.00 bits per heavy atom. The molecular weight excluding hydrogens is 371 g/mol. The standard InChI is InChI=1S/C16H12BrFO5/c1-20-10-2-3-11(13(18)5-10)16(19)21-7-9-4-14-15(6-12(9)17)23-8-22-14/h2-6H,7-8H2,1H3. The van der Waals surface area contributed by atoms with Gasteiger partial charge in [-0.2, -0.15) is 0 Å². The fourth-order valence-electron chi connectivity index (χ4n) is 2.08. The molecule has 23 heavy (non-hydrogen) atoms. The molecule has 2 aromatic carbocycles. The van der Waals surface area contributed by atoms with E-state index in [9.17, 15) is 9.18 Å². The van der Waals surface area contributed by atoms with Gasteiger partial charge in [0.25, 0.3) is 0 Å². The number of halogens is 2. The van der Waals surface area contributed by atoms with Crippen molar-refractivity contribution in [2.24, 2.45) is 0 Å². The third-order valence-electron chi connectivity index (χ3n) is 3.30. The van der Waals surface area contributed by atoms with Gasteiger partial charge in [0.1, 0.15) is 18.2 Å². The minimum Gasteiger partial charge on any atom is -0.497 e. The van der Waals surface area contributed by atoms with Crippen LogP contribution in [0.1, 0.15) is 15.9 Å². The highest BCUT2D eigenvalue weighted by atomic mass is 79.9. The van der Waals surface area contributed by atoms with Crippen LogP contribution >= 0.6 is 15.9 Å². The van der Waals surface area contributed by atoms with Crippen molar-refractivity contribution in [1.82, 2.24) is 0 Å². The topological polar surface area (TPSA) is 54.0 Å². The quantitative estimate of drug-likeness (QED) is 0.754. The number of ether oxygens (including phenoxy) is 4. The maximum Gasteiger partial charge on any atom is 0.341 e. The Hall–Kier alpha value is -2.28. The number of benzene rings is 2. The van der Waals surface area contributed by atoms with Gasteiger partial charge < -0.3 is 18.9 Å². The van der Waals surface area contributed by atoms with Gasteiger partial charge in [0.2, 0.25) is 6.79 Å². The van der Waals surface area contributed by atoms with E-state index >= 15 is 0 Å². The maximum absolute atomic E-state index is 13.8. The van der Waals surface area contributed by atoms with Gasteiger partial charge in [-0.1, -0.05) is 15.9 Å². The van der Waals surface area contributed by atoms with Gasteiger partial charge in [0, 0.05) is 16.1 Å². The molecule has 0 saturated heterocycles. The number of esters is 1. The smallest absolute Gasteiger partial charge is 0.341 e. The molecule has 3 rings (SSSR count). The van der Waals surface area contributed by atoms with Crippen molar-refractivity contribution in [3.05, 3.63) is 51.7 Å². The molecule has 0 radical (unpaired) electrons. The Labute approximate surface area is 140 Å². The van der Waals surface area contributed by atoms with Gasteiger partial charge in [-0.15, -0.1) is 0 Å². The second-order valence-electron chi connectivity index (χ2n) is 4.72. The molecule has 0 saturated carbocycles. The first-order valence-electron chi connectivity index (χ1n) is 6.67. The van der Waals surface area contributed by atoms with Crippen LogP contribution in [0.2, 0.25) is 0 Å². The molecule has 0 amide bonds. The Morgan fingerprint density at radius 3 is 2.70 bits per heavy atom. The van der Waals surface area contributed by atoms with E-state index < -0.39 is 11.8 Å². The molecule has 0 bridgehead atoms. The van der Waals surface area contributed by atoms with E-state index in [2.05, 4.69) is 15.9 Å². The predicted molar refractivity (Wildman–Crippen MR) is 82.3 cm³/mol. The normalized spacial score (nSPS) is 12.1. The first-order valence-corrected chi connectivity index (χ1v) is 7.46. The van der Waals surface area contributed by atoms with E-state index in [0.717, 1.165) is 6.07 Å². The Kier molecular flexibility index (Phi) is 4.38. The highest BCUT2D eigenvalue weighted by Gasteiger charge is 2.18. The molecular formula is C16H12BrFO5. The van der Waals surface area contributed by atoms with Crippen molar-refractivity contribution in [2.75, 3.05) is 13.9 Å². The zero-order valence-electron chi connectivity index (χ0n) is 12.1. The summed E-state index contributed by atoms with van der Waals surface area (Å²) in [5.41, 5.74) is 0.541. The SMILES string of the molecule is COc1ccc(C(=O)OCc2cc3c(cc2Br)OCO3)c(F)c1. The average molecular weight is 383 g/mol. The van der Waals surface area contributed by atoms with Gasteiger partial charge in [0.15, 0.2) is 11.5 Å². The molecule has 1 aliphatic heterocycles. The molecule has 0 unspecified atom stereocenters. The molecule has 0 N–H and O–H groups in total. The third-order valence-corrected chi connectivity index (χ3v) is 4.03. The van der Waals surface area contributed by atoms with Crippen molar-refractivity contribution >= 4 is 21.9 Å². The fourth-order valence-corrected chi connectivity index (χ4v) is 2.52. The molecule has 0 atom stereocenters. The number of rotatable bonds is 4. The molecule has 7 heteroatoms. The van der Waals surface area contributed by atoms with Gasteiger partial charge >= 0.3 is 5.97 Å². The molecule has 2 aromatic rings. The largest absolute Gasteiger partial charge is 0.497 e. The minimum atomic E-state index is -0.755. The molecule has 0 fully saturated rings. The summed E-state index contributed by atoms with van der Waals surface area (Å²) in [6.07, 6.45) is 0. The average Bonchev–Trinajstić information content (AvgIpc) is 2.99. The van der Waals surface area contributed by atoms with Crippen molar-refractivity contribution in [3.63, 3.8) is 0 Å². The summed E-state index contributed by atoms with van der Waals surface area (Å²) in [5, 5.41) is 0. The summed E-state index contributed by atoms with van der Waals surface area (Å²) in [4.78, 5) is 12.0. The monoisotopic (exact) mass is 382 g/mol. The summed E-state index contributed by atoms with van der Waals surface area (Å²) >= 11 is 3.37. The summed E-state index contributed by atoms with van der Waals surface area (Å²) in [5.74, 6) is 0.0782. The first-order chi connectivity index (χ1) is 11.1. The maximum atomic E-state index is 13.8. The van der Waals surface area contributed by atoms with Crippen LogP contribution in [0.3, 0.4) is 0 Å². The molecule has 5 nitrogen and oxygen atoms in total. The number of carbonyl (C=O) groups is 1. The number of carbonyl (C=O) groups excluding carboxylic acids is 1. The molecule has 120 valence electrons. The predicted octanol–water partition coefficient (Wildman–Crippen LogP) is 3.68. The van der Waals surface area contributed by atoms with Crippen LogP contribution in [0, 0.1) is 5.82 Å². The lowest BCUT2D eigenvalue weighted by Crippen LogP contribution is -2.08. The lowest BCUT2D eigenvalue weighted by molar-refractivity contribution is 0.0466. The molecule has 0 aliphatic carbocycles. The zero-order valence-corrected chi connectivity index (χ0v) is 13.7. The van der Waals surface area contributed by atoms with Crippen LogP contribution < -0.4 is 14.2 Å². The van der Waals surface area contributed by atoms with E-state index in [1.165, 1.54) is 19.2 Å². The fraction of sp³-hybridized carbons (Fsp3) is 0.188. The van der Waals surface area contributed by atoms with Crippen LogP contribution in [0.4, 0.5) is 4.39 Å². The summed E-state index contributed by atoms with van der Waals surface area (Å²) in [6.45, 7) is 0.129. The zero-order chi connectivity index (χ0) is 16.4. The second kappa shape index (κ2) is 6.45. The number of hydrogen-bond acceptors (Lipinski definition) is 5. The number of fused-ring (bicyclic) bond motifs is 1. The van der Waals surface area contributed by atoms with Crippen LogP contribution in [-0.4, -0.2) is 19.9 Å². The van der Waals surface area contributed by atoms with E-state index in [4.69, 9.17) is 18.9 Å². The lowest BCUT2D eigenvalue weighted by atomic mass is 10.2. The van der Waals surface area contributed by atoms with Gasteiger partial charge in [0.05, 0.1) is 12.7 Å². The Balaban J connectivity index is 1.72. The van der Waals surface area contributed by atoms with Crippen LogP contribution in [0.25, 0.3) is 0 Å². The van der Waals surface area contributed by atoms with Gasteiger partial charge in [-0.25, -0.2) is 9.18 Å². The summed E-state index contributed by atoms with van der Waals surface area (Å²) in [6, 6.07) is 7.40. The number of hydrogen-bond donors (Lipinski definition) is 0. The van der Waals surface area contributed by atoms with E-state index in [-0.39, 0.29) is 19.0 Å². The number of methoxy groups -OCH3 is 1. The Morgan fingerprint density at radius 1 is 1.26 bits per heavy atom. The molecule has 0 aromatic heterocycles. The molecule has 1 aliphatic rings. The van der Waals surface area contributed by atoms with Crippen molar-refractivity contribution in [1.29, 1.82) is 0 Å². The second-order valence-corrected chi connectivity index (χ2v) is 5.57. The van der Waals surface area contributed by atoms with E-state index in [1.54, 1.807) is 12.1 Å². The molecule has 0 spiro atoms. The minimum absolute atomic E-state index is 0.0263. The molecule has 1 heterocycles. The lowest BCUT2D eigenvalue weighted by Gasteiger charge is -2.09. The summed E-state index contributed by atoms with van der Waals surface area (Å²) < 4.78 is 35.1. The van der Waals surface area contributed by atoms with Crippen LogP contribution in [0.15, 0.2) is 34.8 Å². The van der Waals surface area contributed by atoms with Crippen molar-refractivity contribution < 1.29 is 28.1 Å². The van der Waals surface area contributed by atoms with E-state index in [1.807, 2.05) is 0 Å². The van der Waals surface area contributed by atoms with Gasteiger partial charge in [-0.3, -0.25) is 0 Å². The van der Waals surface area contributed by atoms with E-state index in [0.29, 0.717) is 27.3 Å². The third kappa shape index (κ3) is 3.24. The van der Waals surface area contributed by atoms with Crippen LogP contribution in [-0.2, 0) is 11.3 Å². The highest BCUT2D eigenvalue weighted by Crippen LogP contribution is 2.37. The van der Waals surface area contributed by atoms with Crippen LogP contribution in [0.5, 0.6) is 17.2 Å². The van der Waals surface area contributed by atoms with Gasteiger partial charge in [-0.05, 0) is 24.3 Å².